The summed E-state index contributed by atoms with van der Waals surface area (Å²) in [5, 5.41) is 3.40. The summed E-state index contributed by atoms with van der Waals surface area (Å²) in [4.78, 5) is 0. The Hall–Kier alpha value is -0.890. The Bertz CT molecular complexity index is 362. The van der Waals surface area contributed by atoms with E-state index >= 15 is 0 Å². The first-order chi connectivity index (χ1) is 7.66. The van der Waals surface area contributed by atoms with Crippen LogP contribution in [0.15, 0.2) is 18.2 Å². The molecule has 2 atom stereocenters. The van der Waals surface area contributed by atoms with Gasteiger partial charge in [-0.1, -0.05) is 24.6 Å². The van der Waals surface area contributed by atoms with Crippen molar-refractivity contribution in [1.29, 1.82) is 0 Å². The fourth-order valence-electron chi connectivity index (χ4n) is 2.47. The van der Waals surface area contributed by atoms with Crippen molar-refractivity contribution >= 4 is 0 Å². The summed E-state index contributed by atoms with van der Waals surface area (Å²) in [6.45, 7) is 6.42. The third kappa shape index (κ3) is 2.62. The van der Waals surface area contributed by atoms with Crippen molar-refractivity contribution in [2.24, 2.45) is 11.8 Å². The van der Waals surface area contributed by atoms with Gasteiger partial charge in [-0.05, 0) is 56.3 Å². The van der Waals surface area contributed by atoms with E-state index in [2.05, 4.69) is 12.2 Å². The lowest BCUT2D eigenvalue weighted by atomic mass is 9.83. The summed E-state index contributed by atoms with van der Waals surface area (Å²) in [5.74, 6) is 1.22. The van der Waals surface area contributed by atoms with Crippen LogP contribution in [0, 0.1) is 24.6 Å². The molecule has 0 aliphatic carbocycles. The second-order valence-electron chi connectivity index (χ2n) is 5.03. The maximum atomic E-state index is 13.6. The molecule has 1 aliphatic heterocycles. The molecule has 0 aromatic heterocycles. The van der Waals surface area contributed by atoms with Crippen LogP contribution in [0.4, 0.5) is 4.39 Å². The molecule has 1 N–H and O–H groups in total. The molecule has 0 saturated carbocycles. The van der Waals surface area contributed by atoms with Gasteiger partial charge >= 0.3 is 0 Å². The lowest BCUT2D eigenvalue weighted by molar-refractivity contribution is 0.270. The largest absolute Gasteiger partial charge is 0.316 e. The van der Waals surface area contributed by atoms with Gasteiger partial charge < -0.3 is 5.32 Å². The smallest absolute Gasteiger partial charge is 0.126 e. The van der Waals surface area contributed by atoms with Gasteiger partial charge in [0.15, 0.2) is 0 Å². The Labute approximate surface area is 97.1 Å². The number of nitrogens with one attached hydrogen (secondary N) is 1. The van der Waals surface area contributed by atoms with E-state index in [0.717, 1.165) is 30.6 Å². The zero-order chi connectivity index (χ0) is 11.5. The molecule has 1 heterocycles. The van der Waals surface area contributed by atoms with E-state index in [1.54, 1.807) is 6.07 Å². The first-order valence-corrected chi connectivity index (χ1v) is 6.12. The molecule has 1 aromatic carbocycles. The monoisotopic (exact) mass is 221 g/mol. The summed E-state index contributed by atoms with van der Waals surface area (Å²) in [6, 6.07) is 5.41. The van der Waals surface area contributed by atoms with Crippen molar-refractivity contribution in [2.75, 3.05) is 13.1 Å². The first-order valence-electron chi connectivity index (χ1n) is 6.12. The van der Waals surface area contributed by atoms with E-state index in [1.807, 2.05) is 19.1 Å². The van der Waals surface area contributed by atoms with Gasteiger partial charge in [-0.2, -0.15) is 0 Å². The average Bonchev–Trinajstić information content (AvgIpc) is 2.27. The molecule has 1 nitrogen and oxygen atoms in total. The first kappa shape index (κ1) is 11.6. The summed E-state index contributed by atoms with van der Waals surface area (Å²) in [6.07, 6.45) is 2.07. The molecule has 1 aromatic rings. The van der Waals surface area contributed by atoms with Gasteiger partial charge in [0.2, 0.25) is 0 Å². The van der Waals surface area contributed by atoms with Crippen molar-refractivity contribution in [1.82, 2.24) is 5.32 Å². The Morgan fingerprint density at radius 3 is 3.00 bits per heavy atom. The van der Waals surface area contributed by atoms with E-state index in [-0.39, 0.29) is 5.82 Å². The van der Waals surface area contributed by atoms with E-state index in [0.29, 0.717) is 11.8 Å². The number of halogens is 1. The molecule has 1 saturated heterocycles. The molecule has 88 valence electrons. The minimum Gasteiger partial charge on any atom is -0.316 e. The summed E-state index contributed by atoms with van der Waals surface area (Å²) in [5.41, 5.74) is 2.02. The minimum absolute atomic E-state index is 0.0524. The Balaban J connectivity index is 2.10. The Kier molecular flexibility index (Phi) is 3.59. The maximum Gasteiger partial charge on any atom is 0.126 e. The van der Waals surface area contributed by atoms with Crippen molar-refractivity contribution < 1.29 is 4.39 Å². The molecule has 1 aliphatic rings. The van der Waals surface area contributed by atoms with Gasteiger partial charge in [-0.15, -0.1) is 0 Å². The van der Waals surface area contributed by atoms with Crippen LogP contribution in [0.25, 0.3) is 0 Å². The van der Waals surface area contributed by atoms with Crippen LogP contribution >= 0.6 is 0 Å². The average molecular weight is 221 g/mol. The molecule has 2 unspecified atom stereocenters. The maximum absolute atomic E-state index is 13.6. The van der Waals surface area contributed by atoms with Gasteiger partial charge in [-0.3, -0.25) is 0 Å². The fourth-order valence-corrected chi connectivity index (χ4v) is 2.47. The highest BCUT2D eigenvalue weighted by molar-refractivity contribution is 5.24. The molecule has 0 amide bonds. The minimum atomic E-state index is -0.0524. The molecular weight excluding hydrogens is 201 g/mol. The van der Waals surface area contributed by atoms with Crippen LogP contribution < -0.4 is 5.32 Å². The number of piperidine rings is 1. The van der Waals surface area contributed by atoms with Crippen molar-refractivity contribution in [2.45, 2.75) is 26.7 Å². The fraction of sp³-hybridized carbons (Fsp3) is 0.571. The standard InChI is InChI=1S/C14H20FN/c1-10-3-4-14(15)12(7-10)8-13-9-16-6-5-11(13)2/h3-4,7,11,13,16H,5-6,8-9H2,1-2H3. The van der Waals surface area contributed by atoms with E-state index < -0.39 is 0 Å². The molecular formula is C14H20FN. The molecule has 2 rings (SSSR count). The van der Waals surface area contributed by atoms with Crippen LogP contribution in [0.5, 0.6) is 0 Å². The van der Waals surface area contributed by atoms with Crippen molar-refractivity contribution in [3.63, 3.8) is 0 Å². The highest BCUT2D eigenvalue weighted by atomic mass is 19.1. The van der Waals surface area contributed by atoms with Gasteiger partial charge in [0.1, 0.15) is 5.82 Å². The van der Waals surface area contributed by atoms with Gasteiger partial charge in [0, 0.05) is 0 Å². The topological polar surface area (TPSA) is 12.0 Å². The Morgan fingerprint density at radius 2 is 2.25 bits per heavy atom. The molecule has 0 spiro atoms. The van der Waals surface area contributed by atoms with E-state index in [1.165, 1.54) is 6.42 Å². The second-order valence-corrected chi connectivity index (χ2v) is 5.03. The second kappa shape index (κ2) is 4.96. The molecule has 0 bridgehead atoms. The predicted octanol–water partition coefficient (Wildman–Crippen LogP) is 2.92. The quantitative estimate of drug-likeness (QED) is 0.809. The van der Waals surface area contributed by atoms with Crippen LogP contribution in [0.2, 0.25) is 0 Å². The van der Waals surface area contributed by atoms with Crippen LogP contribution in [-0.4, -0.2) is 13.1 Å². The number of benzene rings is 1. The highest BCUT2D eigenvalue weighted by Crippen LogP contribution is 2.24. The van der Waals surface area contributed by atoms with Crippen molar-refractivity contribution in [3.05, 3.63) is 35.1 Å². The van der Waals surface area contributed by atoms with Gasteiger partial charge in [0.25, 0.3) is 0 Å². The number of aryl methyl sites for hydroxylation is 1. The normalized spacial score (nSPS) is 25.7. The highest BCUT2D eigenvalue weighted by Gasteiger charge is 2.22. The van der Waals surface area contributed by atoms with Crippen LogP contribution in [-0.2, 0) is 6.42 Å². The zero-order valence-electron chi connectivity index (χ0n) is 10.1. The number of rotatable bonds is 2. The number of hydrogen-bond donors (Lipinski definition) is 1. The summed E-state index contributed by atoms with van der Waals surface area (Å²) >= 11 is 0. The molecule has 1 fully saturated rings. The molecule has 16 heavy (non-hydrogen) atoms. The van der Waals surface area contributed by atoms with Crippen molar-refractivity contribution in [3.8, 4) is 0 Å². The van der Waals surface area contributed by atoms with E-state index in [9.17, 15) is 4.39 Å². The van der Waals surface area contributed by atoms with Crippen LogP contribution in [0.3, 0.4) is 0 Å². The zero-order valence-corrected chi connectivity index (χ0v) is 10.1. The summed E-state index contributed by atoms with van der Waals surface area (Å²) < 4.78 is 13.6. The summed E-state index contributed by atoms with van der Waals surface area (Å²) in [7, 11) is 0. The SMILES string of the molecule is Cc1ccc(F)c(CC2CNCCC2C)c1. The third-order valence-corrected chi connectivity index (χ3v) is 3.67. The van der Waals surface area contributed by atoms with E-state index in [4.69, 9.17) is 0 Å². The van der Waals surface area contributed by atoms with Crippen LogP contribution in [0.1, 0.15) is 24.5 Å². The van der Waals surface area contributed by atoms with Gasteiger partial charge in [0.05, 0.1) is 0 Å². The number of hydrogen-bond acceptors (Lipinski definition) is 1. The molecule has 2 heteroatoms. The lowest BCUT2D eigenvalue weighted by Gasteiger charge is -2.29. The molecule has 0 radical (unpaired) electrons. The predicted molar refractivity (Wildman–Crippen MR) is 65.0 cm³/mol. The van der Waals surface area contributed by atoms with Gasteiger partial charge in [-0.25, -0.2) is 4.39 Å². The Morgan fingerprint density at radius 1 is 1.44 bits per heavy atom. The third-order valence-electron chi connectivity index (χ3n) is 3.67. The lowest BCUT2D eigenvalue weighted by Crippen LogP contribution is -2.36.